The van der Waals surface area contributed by atoms with Gasteiger partial charge in [-0.3, -0.25) is 19.3 Å². The first-order valence-corrected chi connectivity index (χ1v) is 9.40. The van der Waals surface area contributed by atoms with Crippen LogP contribution in [0.1, 0.15) is 51.8 Å². The molecular weight excluding hydrogens is 372 g/mol. The standard InChI is InChI=1S/C22H22N2O5/c1-4-29-22(28)16-11-7-8-12-17(16)23-19(25)18(13(2)3)24-20(26)14-9-5-6-10-15(14)21(24)27/h5-13,18H,4H2,1-3H3,(H,23,25)/t18-/m0/s1. The average molecular weight is 394 g/mol. The number of benzene rings is 2. The fourth-order valence-corrected chi connectivity index (χ4v) is 3.36. The van der Waals surface area contributed by atoms with Crippen molar-refractivity contribution in [1.82, 2.24) is 4.90 Å². The molecule has 3 amide bonds. The number of rotatable bonds is 6. The van der Waals surface area contributed by atoms with Gasteiger partial charge in [-0.05, 0) is 37.1 Å². The molecule has 7 heteroatoms. The van der Waals surface area contributed by atoms with Crippen molar-refractivity contribution in [3.63, 3.8) is 0 Å². The molecule has 7 nitrogen and oxygen atoms in total. The number of imide groups is 1. The van der Waals surface area contributed by atoms with Crippen LogP contribution in [-0.4, -0.2) is 41.2 Å². The molecule has 0 radical (unpaired) electrons. The molecule has 0 unspecified atom stereocenters. The highest BCUT2D eigenvalue weighted by atomic mass is 16.5. The third-order valence-corrected chi connectivity index (χ3v) is 4.68. The largest absolute Gasteiger partial charge is 0.462 e. The minimum absolute atomic E-state index is 0.199. The highest BCUT2D eigenvalue weighted by Gasteiger charge is 2.44. The molecule has 2 aromatic rings. The van der Waals surface area contributed by atoms with Gasteiger partial charge in [0.05, 0.1) is 29.0 Å². The van der Waals surface area contributed by atoms with Gasteiger partial charge in [0.1, 0.15) is 6.04 Å². The Kier molecular flexibility index (Phi) is 5.77. The molecule has 0 fully saturated rings. The van der Waals surface area contributed by atoms with E-state index in [0.29, 0.717) is 0 Å². The fourth-order valence-electron chi connectivity index (χ4n) is 3.36. The van der Waals surface area contributed by atoms with E-state index in [0.717, 1.165) is 4.90 Å². The monoisotopic (exact) mass is 394 g/mol. The van der Waals surface area contributed by atoms with Crippen LogP contribution in [0, 0.1) is 5.92 Å². The molecule has 1 aliphatic heterocycles. The van der Waals surface area contributed by atoms with E-state index in [2.05, 4.69) is 5.32 Å². The number of ether oxygens (including phenoxy) is 1. The van der Waals surface area contributed by atoms with Gasteiger partial charge < -0.3 is 10.1 Å². The van der Waals surface area contributed by atoms with Crippen molar-refractivity contribution >= 4 is 29.4 Å². The molecule has 150 valence electrons. The Balaban J connectivity index is 1.91. The number of esters is 1. The van der Waals surface area contributed by atoms with Gasteiger partial charge in [-0.15, -0.1) is 0 Å². The average Bonchev–Trinajstić information content (AvgIpc) is 2.94. The number of fused-ring (bicyclic) bond motifs is 1. The van der Waals surface area contributed by atoms with Crippen LogP contribution in [0.15, 0.2) is 48.5 Å². The van der Waals surface area contributed by atoms with Crippen LogP contribution in [0.25, 0.3) is 0 Å². The first-order valence-electron chi connectivity index (χ1n) is 9.40. The molecule has 29 heavy (non-hydrogen) atoms. The number of amides is 3. The van der Waals surface area contributed by atoms with Crippen molar-refractivity contribution in [2.75, 3.05) is 11.9 Å². The van der Waals surface area contributed by atoms with E-state index in [1.165, 1.54) is 0 Å². The van der Waals surface area contributed by atoms with Crippen molar-refractivity contribution in [2.24, 2.45) is 5.92 Å². The summed E-state index contributed by atoms with van der Waals surface area (Å²) in [5, 5.41) is 2.69. The molecule has 0 bridgehead atoms. The smallest absolute Gasteiger partial charge is 0.340 e. The molecule has 0 saturated heterocycles. The van der Waals surface area contributed by atoms with Gasteiger partial charge in [0, 0.05) is 0 Å². The summed E-state index contributed by atoms with van der Waals surface area (Å²) in [6, 6.07) is 11.9. The summed E-state index contributed by atoms with van der Waals surface area (Å²) in [7, 11) is 0. The van der Waals surface area contributed by atoms with E-state index in [-0.39, 0.29) is 34.9 Å². The van der Waals surface area contributed by atoms with Gasteiger partial charge in [-0.1, -0.05) is 38.1 Å². The van der Waals surface area contributed by atoms with Crippen LogP contribution in [0.3, 0.4) is 0 Å². The van der Waals surface area contributed by atoms with Gasteiger partial charge in [0.2, 0.25) is 5.91 Å². The van der Waals surface area contributed by atoms with Crippen molar-refractivity contribution in [3.8, 4) is 0 Å². The van der Waals surface area contributed by atoms with Crippen LogP contribution in [0.2, 0.25) is 0 Å². The van der Waals surface area contributed by atoms with Crippen molar-refractivity contribution in [3.05, 3.63) is 65.2 Å². The topological polar surface area (TPSA) is 92.8 Å². The van der Waals surface area contributed by atoms with Crippen LogP contribution in [-0.2, 0) is 9.53 Å². The number of hydrogen-bond acceptors (Lipinski definition) is 5. The molecule has 2 aromatic carbocycles. The van der Waals surface area contributed by atoms with Crippen molar-refractivity contribution in [2.45, 2.75) is 26.8 Å². The summed E-state index contributed by atoms with van der Waals surface area (Å²) in [5.41, 5.74) is 1.02. The first kappa shape index (κ1) is 20.3. The Labute approximate surface area is 168 Å². The zero-order valence-electron chi connectivity index (χ0n) is 16.5. The molecule has 0 aliphatic carbocycles. The second-order valence-electron chi connectivity index (χ2n) is 6.97. The number of anilines is 1. The van der Waals surface area contributed by atoms with E-state index in [1.807, 2.05) is 0 Å². The van der Waals surface area contributed by atoms with Gasteiger partial charge >= 0.3 is 5.97 Å². The Morgan fingerprint density at radius 1 is 0.966 bits per heavy atom. The molecule has 1 aliphatic rings. The minimum atomic E-state index is -1.03. The highest BCUT2D eigenvalue weighted by molar-refractivity contribution is 6.23. The quantitative estimate of drug-likeness (QED) is 0.600. The van der Waals surface area contributed by atoms with E-state index in [1.54, 1.807) is 69.3 Å². The first-order chi connectivity index (χ1) is 13.9. The van der Waals surface area contributed by atoms with Crippen molar-refractivity contribution in [1.29, 1.82) is 0 Å². The lowest BCUT2D eigenvalue weighted by Gasteiger charge is -2.28. The third kappa shape index (κ3) is 3.76. The maximum atomic E-state index is 13.1. The molecule has 0 spiro atoms. The van der Waals surface area contributed by atoms with E-state index in [9.17, 15) is 19.2 Å². The Bertz CT molecular complexity index is 948. The number of carbonyl (C=O) groups is 4. The summed E-state index contributed by atoms with van der Waals surface area (Å²) in [4.78, 5) is 51.9. The number of hydrogen-bond donors (Lipinski definition) is 1. The van der Waals surface area contributed by atoms with Gasteiger partial charge in [0.25, 0.3) is 11.8 Å². The lowest BCUT2D eigenvalue weighted by Crippen LogP contribution is -2.50. The molecular formula is C22H22N2O5. The lowest BCUT2D eigenvalue weighted by atomic mass is 10.0. The molecule has 1 heterocycles. The van der Waals surface area contributed by atoms with Crippen LogP contribution in [0.5, 0.6) is 0 Å². The number of para-hydroxylation sites is 1. The molecule has 1 atom stereocenters. The zero-order chi connectivity index (χ0) is 21.1. The van der Waals surface area contributed by atoms with Gasteiger partial charge in [-0.2, -0.15) is 0 Å². The summed E-state index contributed by atoms with van der Waals surface area (Å²) in [5.74, 6) is -2.46. The second-order valence-corrected chi connectivity index (χ2v) is 6.97. The zero-order valence-corrected chi connectivity index (χ0v) is 16.5. The maximum absolute atomic E-state index is 13.1. The summed E-state index contributed by atoms with van der Waals surface area (Å²) < 4.78 is 5.03. The van der Waals surface area contributed by atoms with Crippen molar-refractivity contribution < 1.29 is 23.9 Å². The number of carbonyl (C=O) groups excluding carboxylic acids is 4. The normalized spacial score (nSPS) is 14.0. The highest BCUT2D eigenvalue weighted by Crippen LogP contribution is 2.28. The number of nitrogens with zero attached hydrogens (tertiary/aromatic N) is 1. The number of nitrogens with one attached hydrogen (secondary N) is 1. The Morgan fingerprint density at radius 3 is 2.07 bits per heavy atom. The van der Waals surface area contributed by atoms with Crippen LogP contribution in [0.4, 0.5) is 5.69 Å². The fraction of sp³-hybridized carbons (Fsp3) is 0.273. The lowest BCUT2D eigenvalue weighted by molar-refractivity contribution is -0.121. The van der Waals surface area contributed by atoms with Crippen LogP contribution >= 0.6 is 0 Å². The molecule has 3 rings (SSSR count). The van der Waals surface area contributed by atoms with E-state index in [4.69, 9.17) is 4.74 Å². The molecule has 0 aromatic heterocycles. The summed E-state index contributed by atoms with van der Waals surface area (Å²) >= 11 is 0. The summed E-state index contributed by atoms with van der Waals surface area (Å²) in [6.07, 6.45) is 0. The Hall–Kier alpha value is -3.48. The Morgan fingerprint density at radius 2 is 1.52 bits per heavy atom. The second kappa shape index (κ2) is 8.26. The molecule has 1 N–H and O–H groups in total. The summed E-state index contributed by atoms with van der Waals surface area (Å²) in [6.45, 7) is 5.40. The van der Waals surface area contributed by atoms with Gasteiger partial charge in [0.15, 0.2) is 0 Å². The SMILES string of the molecule is CCOC(=O)c1ccccc1NC(=O)[C@H](C(C)C)N1C(=O)c2ccccc2C1=O. The predicted octanol–water partition coefficient (Wildman–Crippen LogP) is 3.12. The third-order valence-electron chi connectivity index (χ3n) is 4.68. The van der Waals surface area contributed by atoms with Crippen LogP contribution < -0.4 is 5.32 Å². The maximum Gasteiger partial charge on any atom is 0.340 e. The van der Waals surface area contributed by atoms with E-state index >= 15 is 0 Å². The van der Waals surface area contributed by atoms with Gasteiger partial charge in [-0.25, -0.2) is 4.79 Å². The molecule has 0 saturated carbocycles. The minimum Gasteiger partial charge on any atom is -0.462 e. The van der Waals surface area contributed by atoms with E-state index < -0.39 is 29.7 Å². The predicted molar refractivity (Wildman–Crippen MR) is 107 cm³/mol.